The smallest absolute Gasteiger partial charge is 0.324 e. The minimum Gasteiger partial charge on any atom is -0.378 e. The molecule has 1 aliphatic heterocycles. The lowest BCUT2D eigenvalue weighted by Crippen LogP contribution is -2.38. The average molecular weight is 349 g/mol. The first-order valence-electron chi connectivity index (χ1n) is 8.25. The Morgan fingerprint density at radius 1 is 1.48 bits per heavy atom. The van der Waals surface area contributed by atoms with Crippen molar-refractivity contribution >= 4 is 12.0 Å². The topological polar surface area (TPSA) is 122 Å². The van der Waals surface area contributed by atoms with Crippen molar-refractivity contribution in [3.63, 3.8) is 0 Å². The summed E-state index contributed by atoms with van der Waals surface area (Å²) < 4.78 is 6.78. The SMILES string of the molecule is CCc1noc(C2(O)CCN(C(=O)Nc3ncnn3C(C)(C)C)C2)n1. The maximum absolute atomic E-state index is 12.5. The summed E-state index contributed by atoms with van der Waals surface area (Å²) in [5.41, 5.74) is -1.64. The van der Waals surface area contributed by atoms with Crippen LogP contribution in [-0.4, -0.2) is 54.0 Å². The summed E-state index contributed by atoms with van der Waals surface area (Å²) in [6.45, 7) is 8.24. The third-order valence-electron chi connectivity index (χ3n) is 4.12. The van der Waals surface area contributed by atoms with Gasteiger partial charge in [0, 0.05) is 19.4 Å². The van der Waals surface area contributed by atoms with E-state index in [2.05, 4.69) is 25.5 Å². The predicted octanol–water partition coefficient (Wildman–Crippen LogP) is 1.10. The number of nitrogens with zero attached hydrogens (tertiary/aromatic N) is 6. The summed E-state index contributed by atoms with van der Waals surface area (Å²) in [7, 11) is 0. The number of hydrogen-bond acceptors (Lipinski definition) is 7. The number of hydrogen-bond donors (Lipinski definition) is 2. The third kappa shape index (κ3) is 3.34. The number of nitrogens with one attached hydrogen (secondary N) is 1. The zero-order chi connectivity index (χ0) is 18.2. The van der Waals surface area contributed by atoms with E-state index in [1.165, 1.54) is 11.2 Å². The Balaban J connectivity index is 1.70. The second kappa shape index (κ2) is 6.10. The van der Waals surface area contributed by atoms with Gasteiger partial charge in [0.05, 0.1) is 12.1 Å². The molecule has 0 aliphatic carbocycles. The molecule has 0 saturated carbocycles. The number of anilines is 1. The van der Waals surface area contributed by atoms with Crippen LogP contribution in [0.25, 0.3) is 0 Å². The van der Waals surface area contributed by atoms with E-state index in [-0.39, 0.29) is 24.0 Å². The fourth-order valence-electron chi connectivity index (χ4n) is 2.72. The molecule has 25 heavy (non-hydrogen) atoms. The van der Waals surface area contributed by atoms with Crippen molar-refractivity contribution in [2.24, 2.45) is 0 Å². The highest BCUT2D eigenvalue weighted by Gasteiger charge is 2.44. The fourth-order valence-corrected chi connectivity index (χ4v) is 2.72. The van der Waals surface area contributed by atoms with Crippen LogP contribution in [0.3, 0.4) is 0 Å². The van der Waals surface area contributed by atoms with Crippen molar-refractivity contribution < 1.29 is 14.4 Å². The number of β-amino-alcohol motifs (C(OH)–C–C–N with tert-alkyl or cyclic N) is 1. The summed E-state index contributed by atoms with van der Waals surface area (Å²) in [6.07, 6.45) is 2.34. The molecule has 0 radical (unpaired) electrons. The van der Waals surface area contributed by atoms with E-state index < -0.39 is 5.60 Å². The van der Waals surface area contributed by atoms with Gasteiger partial charge in [-0.15, -0.1) is 0 Å². The van der Waals surface area contributed by atoms with Crippen LogP contribution in [-0.2, 0) is 17.6 Å². The minimum absolute atomic E-state index is 0.0772. The van der Waals surface area contributed by atoms with Gasteiger partial charge in [-0.1, -0.05) is 12.1 Å². The predicted molar refractivity (Wildman–Crippen MR) is 87.8 cm³/mol. The molecule has 1 unspecified atom stereocenters. The maximum Gasteiger partial charge on any atom is 0.324 e. The number of carbonyl (C=O) groups is 1. The lowest BCUT2D eigenvalue weighted by molar-refractivity contribution is 0.0171. The van der Waals surface area contributed by atoms with Gasteiger partial charge in [-0.25, -0.2) is 9.48 Å². The molecule has 3 heterocycles. The standard InChI is InChI=1S/C15H23N7O3/c1-5-10-18-11(25-20-10)15(24)6-7-21(8-15)13(23)19-12-16-9-17-22(12)14(2,3)4/h9,24H,5-8H2,1-4H3,(H,16,17,19,23). The number of urea groups is 1. The van der Waals surface area contributed by atoms with Gasteiger partial charge >= 0.3 is 6.03 Å². The number of carbonyl (C=O) groups excluding carboxylic acids is 1. The monoisotopic (exact) mass is 349 g/mol. The summed E-state index contributed by atoms with van der Waals surface area (Å²) in [4.78, 5) is 22.3. The van der Waals surface area contributed by atoms with E-state index in [0.717, 1.165) is 0 Å². The van der Waals surface area contributed by atoms with E-state index in [0.29, 0.717) is 31.2 Å². The Labute approximate surface area is 145 Å². The van der Waals surface area contributed by atoms with E-state index in [9.17, 15) is 9.90 Å². The van der Waals surface area contributed by atoms with Crippen LogP contribution in [0, 0.1) is 0 Å². The maximum atomic E-state index is 12.5. The van der Waals surface area contributed by atoms with Crippen molar-refractivity contribution in [2.45, 2.75) is 51.7 Å². The van der Waals surface area contributed by atoms with E-state index >= 15 is 0 Å². The van der Waals surface area contributed by atoms with Crippen LogP contribution in [0.2, 0.25) is 0 Å². The molecular formula is C15H23N7O3. The van der Waals surface area contributed by atoms with Gasteiger partial charge in [-0.3, -0.25) is 5.32 Å². The van der Waals surface area contributed by atoms with Crippen molar-refractivity contribution in [3.05, 3.63) is 18.0 Å². The molecule has 2 N–H and O–H groups in total. The zero-order valence-electron chi connectivity index (χ0n) is 14.9. The molecule has 2 amide bonds. The van der Waals surface area contributed by atoms with E-state index in [1.54, 1.807) is 4.68 Å². The molecule has 1 fully saturated rings. The number of aryl methyl sites for hydroxylation is 1. The number of aromatic nitrogens is 5. The minimum atomic E-state index is -1.32. The summed E-state index contributed by atoms with van der Waals surface area (Å²) in [5, 5.41) is 21.4. The molecule has 0 bridgehead atoms. The molecule has 3 rings (SSSR count). The van der Waals surface area contributed by atoms with Crippen molar-refractivity contribution in [1.82, 2.24) is 29.8 Å². The zero-order valence-corrected chi connectivity index (χ0v) is 14.9. The van der Waals surface area contributed by atoms with Crippen LogP contribution >= 0.6 is 0 Å². The lowest BCUT2D eigenvalue weighted by Gasteiger charge is -2.23. The van der Waals surface area contributed by atoms with Gasteiger partial charge in [0.15, 0.2) is 11.4 Å². The number of likely N-dealkylation sites (tertiary alicyclic amines) is 1. The van der Waals surface area contributed by atoms with Gasteiger partial charge in [-0.05, 0) is 20.8 Å². The van der Waals surface area contributed by atoms with Crippen LogP contribution in [0.15, 0.2) is 10.9 Å². The largest absolute Gasteiger partial charge is 0.378 e. The Morgan fingerprint density at radius 3 is 2.88 bits per heavy atom. The second-order valence-corrected chi connectivity index (χ2v) is 7.17. The van der Waals surface area contributed by atoms with Gasteiger partial charge in [-0.2, -0.15) is 15.1 Å². The van der Waals surface area contributed by atoms with Crippen LogP contribution in [0.4, 0.5) is 10.7 Å². The number of amides is 2. The fraction of sp³-hybridized carbons (Fsp3) is 0.667. The molecule has 136 valence electrons. The molecule has 10 nitrogen and oxygen atoms in total. The summed E-state index contributed by atoms with van der Waals surface area (Å²) in [6, 6.07) is -0.357. The Bertz CT molecular complexity index is 763. The van der Waals surface area contributed by atoms with E-state index in [1.807, 2.05) is 27.7 Å². The van der Waals surface area contributed by atoms with Crippen molar-refractivity contribution in [2.75, 3.05) is 18.4 Å². The van der Waals surface area contributed by atoms with E-state index in [4.69, 9.17) is 4.52 Å². The Morgan fingerprint density at radius 2 is 2.24 bits per heavy atom. The normalized spacial score (nSPS) is 20.9. The Hall–Kier alpha value is -2.49. The van der Waals surface area contributed by atoms with Crippen molar-refractivity contribution in [1.29, 1.82) is 0 Å². The third-order valence-corrected chi connectivity index (χ3v) is 4.12. The van der Waals surface area contributed by atoms with Gasteiger partial charge in [0.2, 0.25) is 5.95 Å². The molecule has 1 saturated heterocycles. The highest BCUT2D eigenvalue weighted by molar-refractivity contribution is 5.87. The molecule has 10 heteroatoms. The molecule has 1 atom stereocenters. The van der Waals surface area contributed by atoms with Crippen molar-refractivity contribution in [3.8, 4) is 0 Å². The second-order valence-electron chi connectivity index (χ2n) is 7.17. The highest BCUT2D eigenvalue weighted by Crippen LogP contribution is 2.31. The summed E-state index contributed by atoms with van der Waals surface area (Å²) >= 11 is 0. The average Bonchev–Trinajstić information content (AvgIpc) is 3.25. The van der Waals surface area contributed by atoms with Crippen LogP contribution in [0.1, 0.15) is 45.8 Å². The van der Waals surface area contributed by atoms with Gasteiger partial charge < -0.3 is 14.5 Å². The summed E-state index contributed by atoms with van der Waals surface area (Å²) in [5.74, 6) is 1.04. The van der Waals surface area contributed by atoms with Gasteiger partial charge in [0.25, 0.3) is 5.89 Å². The molecule has 2 aromatic rings. The highest BCUT2D eigenvalue weighted by atomic mass is 16.5. The first kappa shape index (κ1) is 17.3. The molecular weight excluding hydrogens is 326 g/mol. The Kier molecular flexibility index (Phi) is 4.23. The molecule has 0 aromatic carbocycles. The molecule has 1 aliphatic rings. The van der Waals surface area contributed by atoms with Crippen LogP contribution < -0.4 is 5.32 Å². The first-order chi connectivity index (χ1) is 11.7. The van der Waals surface area contributed by atoms with Crippen LogP contribution in [0.5, 0.6) is 0 Å². The number of rotatable bonds is 3. The molecule has 2 aromatic heterocycles. The first-order valence-corrected chi connectivity index (χ1v) is 8.25. The van der Waals surface area contributed by atoms with Gasteiger partial charge in [0.1, 0.15) is 6.33 Å². The quantitative estimate of drug-likeness (QED) is 0.851. The number of aliphatic hydroxyl groups is 1. The lowest BCUT2D eigenvalue weighted by atomic mass is 10.0. The molecule has 0 spiro atoms.